The summed E-state index contributed by atoms with van der Waals surface area (Å²) in [6, 6.07) is 8.33. The van der Waals surface area contributed by atoms with Crippen molar-refractivity contribution in [2.45, 2.75) is 50.6 Å². The molecule has 1 amide bonds. The Hall–Kier alpha value is -1.40. The average Bonchev–Trinajstić information content (AvgIpc) is 2.91. The second-order valence-electron chi connectivity index (χ2n) is 8.10. The molecule has 138 valence electrons. The van der Waals surface area contributed by atoms with Gasteiger partial charge in [-0.2, -0.15) is 0 Å². The number of amides is 1. The summed E-state index contributed by atoms with van der Waals surface area (Å²) in [6.45, 7) is 4.73. The minimum Gasteiger partial charge on any atom is -0.348 e. The normalized spacial score (nSPS) is 27.0. The van der Waals surface area contributed by atoms with E-state index in [4.69, 9.17) is 0 Å². The van der Waals surface area contributed by atoms with Crippen LogP contribution in [0.25, 0.3) is 0 Å². The highest BCUT2D eigenvalue weighted by atomic mass is 32.2. The van der Waals surface area contributed by atoms with E-state index in [0.29, 0.717) is 6.42 Å². The second kappa shape index (κ2) is 6.72. The van der Waals surface area contributed by atoms with Crippen LogP contribution >= 0.6 is 0 Å². The highest BCUT2D eigenvalue weighted by molar-refractivity contribution is 7.91. The van der Waals surface area contributed by atoms with Gasteiger partial charge in [0.05, 0.1) is 24.1 Å². The molecule has 1 N–H and O–H groups in total. The average molecular weight is 365 g/mol. The van der Waals surface area contributed by atoms with Crippen molar-refractivity contribution >= 4 is 15.7 Å². The summed E-state index contributed by atoms with van der Waals surface area (Å²) in [6.07, 6.45) is 2.58. The van der Waals surface area contributed by atoms with E-state index in [1.165, 1.54) is 11.1 Å². The van der Waals surface area contributed by atoms with E-state index >= 15 is 0 Å². The number of fused-ring (bicyclic) bond motifs is 1. The largest absolute Gasteiger partial charge is 0.348 e. The van der Waals surface area contributed by atoms with E-state index in [0.717, 1.165) is 12.8 Å². The number of sulfone groups is 1. The van der Waals surface area contributed by atoms with Crippen LogP contribution < -0.4 is 5.32 Å². The summed E-state index contributed by atoms with van der Waals surface area (Å²) in [5, 5.41) is 3.16. The van der Waals surface area contributed by atoms with Crippen molar-refractivity contribution in [2.24, 2.45) is 0 Å². The molecule has 0 bridgehead atoms. The van der Waals surface area contributed by atoms with Crippen molar-refractivity contribution in [3.8, 4) is 0 Å². The number of rotatable bonds is 4. The molecule has 1 aliphatic heterocycles. The Morgan fingerprint density at radius 2 is 2.00 bits per heavy atom. The lowest BCUT2D eigenvalue weighted by Crippen LogP contribution is -2.43. The first-order valence-corrected chi connectivity index (χ1v) is 10.8. The zero-order chi connectivity index (χ0) is 18.2. The summed E-state index contributed by atoms with van der Waals surface area (Å²) in [4.78, 5) is 14.4. The minimum atomic E-state index is -2.93. The number of hydrogen-bond acceptors (Lipinski definition) is 4. The molecule has 1 aromatic carbocycles. The van der Waals surface area contributed by atoms with Crippen molar-refractivity contribution in [1.29, 1.82) is 0 Å². The number of nitrogens with zero attached hydrogens (tertiary/aromatic N) is 1. The highest BCUT2D eigenvalue weighted by Crippen LogP contribution is 2.41. The van der Waals surface area contributed by atoms with Gasteiger partial charge in [0.2, 0.25) is 5.91 Å². The lowest BCUT2D eigenvalue weighted by atomic mass is 9.71. The van der Waals surface area contributed by atoms with Gasteiger partial charge in [-0.1, -0.05) is 38.1 Å². The zero-order valence-corrected chi connectivity index (χ0v) is 16.1. The van der Waals surface area contributed by atoms with Crippen molar-refractivity contribution in [3.63, 3.8) is 0 Å². The van der Waals surface area contributed by atoms with Crippen LogP contribution in [0.3, 0.4) is 0 Å². The minimum absolute atomic E-state index is 0.0358. The molecule has 0 radical (unpaired) electrons. The molecule has 0 aromatic heterocycles. The lowest BCUT2D eigenvalue weighted by Gasteiger charge is -2.37. The predicted molar refractivity (Wildman–Crippen MR) is 99.3 cm³/mol. The molecule has 1 aliphatic carbocycles. The van der Waals surface area contributed by atoms with E-state index < -0.39 is 9.84 Å². The Kier molecular flexibility index (Phi) is 4.95. The Morgan fingerprint density at radius 3 is 2.68 bits per heavy atom. The summed E-state index contributed by atoms with van der Waals surface area (Å²) in [5.41, 5.74) is 2.65. The van der Waals surface area contributed by atoms with Crippen LogP contribution in [0.15, 0.2) is 24.3 Å². The molecule has 1 aromatic rings. The van der Waals surface area contributed by atoms with Crippen LogP contribution in [0.5, 0.6) is 0 Å². The van der Waals surface area contributed by atoms with E-state index in [9.17, 15) is 13.2 Å². The van der Waals surface area contributed by atoms with E-state index in [-0.39, 0.29) is 41.5 Å². The number of hydrogen-bond donors (Lipinski definition) is 1. The van der Waals surface area contributed by atoms with Gasteiger partial charge in [0.15, 0.2) is 9.84 Å². The van der Waals surface area contributed by atoms with E-state index in [1.807, 2.05) is 18.0 Å². The van der Waals surface area contributed by atoms with Crippen LogP contribution in [-0.2, 0) is 20.0 Å². The van der Waals surface area contributed by atoms with Crippen molar-refractivity contribution in [3.05, 3.63) is 35.4 Å². The van der Waals surface area contributed by atoms with Crippen LogP contribution in [0.2, 0.25) is 0 Å². The number of carbonyl (C=O) groups is 1. The zero-order valence-electron chi connectivity index (χ0n) is 15.3. The summed E-state index contributed by atoms with van der Waals surface area (Å²) < 4.78 is 23.2. The molecule has 1 fully saturated rings. The topological polar surface area (TPSA) is 66.5 Å². The van der Waals surface area contributed by atoms with Crippen LogP contribution in [0, 0.1) is 0 Å². The third kappa shape index (κ3) is 4.06. The molecule has 1 heterocycles. The van der Waals surface area contributed by atoms with Gasteiger partial charge in [0.25, 0.3) is 0 Å². The quantitative estimate of drug-likeness (QED) is 0.888. The van der Waals surface area contributed by atoms with Gasteiger partial charge < -0.3 is 5.32 Å². The first-order chi connectivity index (χ1) is 11.7. The molecular formula is C19H28N2O3S. The van der Waals surface area contributed by atoms with Gasteiger partial charge in [0, 0.05) is 6.04 Å². The summed E-state index contributed by atoms with van der Waals surface area (Å²) >= 11 is 0. The predicted octanol–water partition coefficient (Wildman–Crippen LogP) is 2.03. The Labute approximate surface area is 150 Å². The Balaban J connectivity index is 1.64. The van der Waals surface area contributed by atoms with Gasteiger partial charge in [0.1, 0.15) is 0 Å². The molecular weight excluding hydrogens is 336 g/mol. The van der Waals surface area contributed by atoms with Crippen molar-refractivity contribution in [1.82, 2.24) is 10.2 Å². The Morgan fingerprint density at radius 1 is 1.28 bits per heavy atom. The lowest BCUT2D eigenvalue weighted by molar-refractivity contribution is -0.123. The fraction of sp³-hybridized carbons (Fsp3) is 0.632. The molecule has 25 heavy (non-hydrogen) atoms. The maximum Gasteiger partial charge on any atom is 0.234 e. The first-order valence-electron chi connectivity index (χ1n) is 8.97. The molecule has 0 saturated carbocycles. The molecule has 6 heteroatoms. The monoisotopic (exact) mass is 364 g/mol. The highest BCUT2D eigenvalue weighted by Gasteiger charge is 2.34. The fourth-order valence-corrected chi connectivity index (χ4v) is 5.89. The molecule has 1 saturated heterocycles. The molecule has 2 aliphatic rings. The number of benzene rings is 1. The number of nitrogens with one attached hydrogen (secondary N) is 1. The number of carbonyl (C=O) groups excluding carboxylic acids is 1. The van der Waals surface area contributed by atoms with Crippen molar-refractivity contribution in [2.75, 3.05) is 25.1 Å². The fourth-order valence-electron chi connectivity index (χ4n) is 4.08. The second-order valence-corrected chi connectivity index (χ2v) is 10.3. The SMILES string of the molecule is CN(CC(=O)N[C@@H]1CCC(C)(C)c2ccccc21)[C@@H]1CCS(=O)(=O)C1. The first kappa shape index (κ1) is 18.4. The maximum absolute atomic E-state index is 12.5. The van der Waals surface area contributed by atoms with Gasteiger partial charge in [-0.15, -0.1) is 0 Å². The van der Waals surface area contributed by atoms with Gasteiger partial charge >= 0.3 is 0 Å². The maximum atomic E-state index is 12.5. The molecule has 0 spiro atoms. The van der Waals surface area contributed by atoms with E-state index in [1.54, 1.807) is 0 Å². The molecule has 3 rings (SSSR count). The smallest absolute Gasteiger partial charge is 0.234 e. The van der Waals surface area contributed by atoms with Gasteiger partial charge in [-0.05, 0) is 42.9 Å². The van der Waals surface area contributed by atoms with Gasteiger partial charge in [-0.3, -0.25) is 9.69 Å². The molecule has 0 unspecified atom stereocenters. The van der Waals surface area contributed by atoms with Crippen molar-refractivity contribution < 1.29 is 13.2 Å². The third-order valence-corrected chi connectivity index (χ3v) is 7.43. The number of likely N-dealkylation sites (N-methyl/N-ethyl adjacent to an activating group) is 1. The van der Waals surface area contributed by atoms with Crippen LogP contribution in [0.1, 0.15) is 50.3 Å². The van der Waals surface area contributed by atoms with E-state index in [2.05, 4.69) is 37.4 Å². The Bertz CT molecular complexity index is 758. The van der Waals surface area contributed by atoms with Crippen LogP contribution in [-0.4, -0.2) is 50.4 Å². The summed E-state index contributed by atoms with van der Waals surface area (Å²) in [5.74, 6) is 0.359. The summed E-state index contributed by atoms with van der Waals surface area (Å²) in [7, 11) is -1.09. The van der Waals surface area contributed by atoms with Crippen LogP contribution in [0.4, 0.5) is 0 Å². The molecule has 5 nitrogen and oxygen atoms in total. The van der Waals surface area contributed by atoms with Gasteiger partial charge in [-0.25, -0.2) is 8.42 Å². The standard InChI is InChI=1S/C19H28N2O3S/c1-19(2)10-8-17(15-6-4-5-7-16(15)19)20-18(22)12-21(3)14-9-11-25(23,24)13-14/h4-7,14,17H,8-13H2,1-3H3,(H,20,22)/t14-,17-/m1/s1. The third-order valence-electron chi connectivity index (χ3n) is 5.68. The molecule has 2 atom stereocenters.